The molecule has 0 bridgehead atoms. The van der Waals surface area contributed by atoms with Crippen LogP contribution in [-0.4, -0.2) is 48.7 Å². The van der Waals surface area contributed by atoms with Crippen LogP contribution in [0.4, 0.5) is 5.82 Å². The van der Waals surface area contributed by atoms with E-state index in [0.717, 1.165) is 18.9 Å². The second-order valence-electron chi connectivity index (χ2n) is 3.93. The standard InChI is InChI=1S/C11H16BrN3O3/c1-3-18-11(16)8-9(12)13-14(2)10(8)15-4-6-17-7-5-15/h3-7H2,1-2H3. The third kappa shape index (κ3) is 2.51. The molecule has 0 aromatic carbocycles. The summed E-state index contributed by atoms with van der Waals surface area (Å²) in [5, 5.41) is 4.24. The lowest BCUT2D eigenvalue weighted by Crippen LogP contribution is -2.38. The van der Waals surface area contributed by atoms with Gasteiger partial charge in [0.2, 0.25) is 0 Å². The highest BCUT2D eigenvalue weighted by Crippen LogP contribution is 2.28. The van der Waals surface area contributed by atoms with Crippen molar-refractivity contribution in [3.8, 4) is 0 Å². The van der Waals surface area contributed by atoms with Crippen molar-refractivity contribution in [2.24, 2.45) is 7.05 Å². The molecule has 100 valence electrons. The summed E-state index contributed by atoms with van der Waals surface area (Å²) < 4.78 is 12.6. The first kappa shape index (κ1) is 13.4. The number of carbonyl (C=O) groups is 1. The second-order valence-corrected chi connectivity index (χ2v) is 4.68. The van der Waals surface area contributed by atoms with Crippen LogP contribution in [0, 0.1) is 0 Å². The highest BCUT2D eigenvalue weighted by Gasteiger charge is 2.27. The van der Waals surface area contributed by atoms with Crippen molar-refractivity contribution in [3.63, 3.8) is 0 Å². The number of hydrogen-bond acceptors (Lipinski definition) is 5. The van der Waals surface area contributed by atoms with Gasteiger partial charge in [-0.3, -0.25) is 4.68 Å². The van der Waals surface area contributed by atoms with Crippen LogP contribution in [-0.2, 0) is 16.5 Å². The van der Waals surface area contributed by atoms with E-state index in [0.29, 0.717) is 30.0 Å². The van der Waals surface area contributed by atoms with Crippen LogP contribution >= 0.6 is 15.9 Å². The summed E-state index contributed by atoms with van der Waals surface area (Å²) in [4.78, 5) is 14.1. The molecule has 0 unspecified atom stereocenters. The third-order valence-electron chi connectivity index (χ3n) is 2.76. The molecule has 0 N–H and O–H groups in total. The van der Waals surface area contributed by atoms with E-state index >= 15 is 0 Å². The van der Waals surface area contributed by atoms with Crippen LogP contribution in [0.25, 0.3) is 0 Å². The molecule has 0 spiro atoms. The van der Waals surface area contributed by atoms with E-state index in [2.05, 4.69) is 25.9 Å². The fourth-order valence-electron chi connectivity index (χ4n) is 2.00. The summed E-state index contributed by atoms with van der Waals surface area (Å²) >= 11 is 3.31. The summed E-state index contributed by atoms with van der Waals surface area (Å²) in [7, 11) is 1.82. The number of ether oxygens (including phenoxy) is 2. The summed E-state index contributed by atoms with van der Waals surface area (Å²) in [6.45, 7) is 4.95. The van der Waals surface area contributed by atoms with Gasteiger partial charge in [0.1, 0.15) is 16.0 Å². The van der Waals surface area contributed by atoms with E-state index in [4.69, 9.17) is 9.47 Å². The zero-order chi connectivity index (χ0) is 13.1. The van der Waals surface area contributed by atoms with Gasteiger partial charge in [-0.25, -0.2) is 4.79 Å². The first-order valence-corrected chi connectivity index (χ1v) is 6.66. The Balaban J connectivity index is 2.35. The molecule has 0 radical (unpaired) electrons. The topological polar surface area (TPSA) is 56.6 Å². The Morgan fingerprint density at radius 1 is 1.50 bits per heavy atom. The minimum atomic E-state index is -0.348. The summed E-state index contributed by atoms with van der Waals surface area (Å²) in [5.41, 5.74) is 0.487. The molecular formula is C11H16BrN3O3. The molecule has 0 aliphatic carbocycles. The van der Waals surface area contributed by atoms with Crippen molar-refractivity contribution >= 4 is 27.7 Å². The van der Waals surface area contributed by atoms with Gasteiger partial charge >= 0.3 is 5.97 Å². The molecule has 2 heterocycles. The van der Waals surface area contributed by atoms with Crippen molar-refractivity contribution in [3.05, 3.63) is 10.2 Å². The largest absolute Gasteiger partial charge is 0.462 e. The zero-order valence-electron chi connectivity index (χ0n) is 10.5. The predicted octanol–water partition coefficient (Wildman–Crippen LogP) is 1.20. The Labute approximate surface area is 114 Å². The number of nitrogens with zero attached hydrogens (tertiary/aromatic N) is 3. The van der Waals surface area contributed by atoms with Gasteiger partial charge in [-0.05, 0) is 22.9 Å². The quantitative estimate of drug-likeness (QED) is 0.784. The molecule has 6 nitrogen and oxygen atoms in total. The fourth-order valence-corrected chi connectivity index (χ4v) is 2.58. The van der Waals surface area contributed by atoms with Crippen molar-refractivity contribution in [2.75, 3.05) is 37.8 Å². The van der Waals surface area contributed by atoms with Crippen molar-refractivity contribution in [1.82, 2.24) is 9.78 Å². The highest BCUT2D eigenvalue weighted by molar-refractivity contribution is 9.10. The van der Waals surface area contributed by atoms with Gasteiger partial charge in [0.25, 0.3) is 0 Å². The fraction of sp³-hybridized carbons (Fsp3) is 0.636. The normalized spacial score (nSPS) is 15.8. The van der Waals surface area contributed by atoms with Crippen LogP contribution in [0.1, 0.15) is 17.3 Å². The first-order valence-electron chi connectivity index (χ1n) is 5.87. The number of carbonyl (C=O) groups excluding carboxylic acids is 1. The lowest BCUT2D eigenvalue weighted by Gasteiger charge is -2.29. The Bertz CT molecular complexity index is 441. The SMILES string of the molecule is CCOC(=O)c1c(Br)nn(C)c1N1CCOCC1. The Morgan fingerprint density at radius 2 is 2.17 bits per heavy atom. The van der Waals surface area contributed by atoms with Gasteiger partial charge in [-0.2, -0.15) is 5.10 Å². The number of morpholine rings is 1. The highest BCUT2D eigenvalue weighted by atomic mass is 79.9. The number of rotatable bonds is 3. The van der Waals surface area contributed by atoms with Gasteiger partial charge < -0.3 is 14.4 Å². The van der Waals surface area contributed by atoms with Gasteiger partial charge in [0.05, 0.1) is 19.8 Å². The van der Waals surface area contributed by atoms with E-state index in [-0.39, 0.29) is 5.97 Å². The Morgan fingerprint density at radius 3 is 2.78 bits per heavy atom. The van der Waals surface area contributed by atoms with E-state index < -0.39 is 0 Å². The lowest BCUT2D eigenvalue weighted by molar-refractivity contribution is 0.0525. The molecule has 0 atom stereocenters. The average Bonchev–Trinajstić information content (AvgIpc) is 2.65. The molecule has 1 aromatic rings. The number of hydrogen-bond donors (Lipinski definition) is 0. The molecule has 0 saturated carbocycles. The molecule has 2 rings (SSSR count). The van der Waals surface area contributed by atoms with Crippen molar-refractivity contribution < 1.29 is 14.3 Å². The number of halogens is 1. The maximum Gasteiger partial charge on any atom is 0.344 e. The van der Waals surface area contributed by atoms with Gasteiger partial charge in [0.15, 0.2) is 0 Å². The van der Waals surface area contributed by atoms with E-state index in [1.54, 1.807) is 11.6 Å². The summed E-state index contributed by atoms with van der Waals surface area (Å²) in [6.07, 6.45) is 0. The Kier molecular flexibility index (Phi) is 4.23. The second kappa shape index (κ2) is 5.71. The maximum absolute atomic E-state index is 12.0. The number of anilines is 1. The molecule has 1 aromatic heterocycles. The monoisotopic (exact) mass is 317 g/mol. The molecule has 1 aliphatic heterocycles. The maximum atomic E-state index is 12.0. The van der Waals surface area contributed by atoms with Crippen molar-refractivity contribution in [2.45, 2.75) is 6.92 Å². The first-order chi connectivity index (χ1) is 8.65. The minimum absolute atomic E-state index is 0.348. The van der Waals surface area contributed by atoms with Crippen LogP contribution in [0.3, 0.4) is 0 Å². The van der Waals surface area contributed by atoms with Crippen LogP contribution < -0.4 is 4.90 Å². The predicted molar refractivity (Wildman–Crippen MR) is 69.9 cm³/mol. The van der Waals surface area contributed by atoms with E-state index in [1.807, 2.05) is 7.05 Å². The van der Waals surface area contributed by atoms with E-state index in [9.17, 15) is 4.79 Å². The van der Waals surface area contributed by atoms with Crippen LogP contribution in [0.2, 0.25) is 0 Å². The number of aryl methyl sites for hydroxylation is 1. The van der Waals surface area contributed by atoms with Crippen molar-refractivity contribution in [1.29, 1.82) is 0 Å². The van der Waals surface area contributed by atoms with Crippen LogP contribution in [0.5, 0.6) is 0 Å². The molecule has 18 heavy (non-hydrogen) atoms. The lowest BCUT2D eigenvalue weighted by atomic mass is 10.3. The van der Waals surface area contributed by atoms with Gasteiger partial charge in [0, 0.05) is 20.1 Å². The minimum Gasteiger partial charge on any atom is -0.462 e. The Hall–Kier alpha value is -1.08. The molecule has 7 heteroatoms. The summed E-state index contributed by atoms with van der Waals surface area (Å²) in [5.74, 6) is 0.433. The van der Waals surface area contributed by atoms with Gasteiger partial charge in [-0.15, -0.1) is 0 Å². The van der Waals surface area contributed by atoms with E-state index in [1.165, 1.54) is 0 Å². The molecule has 1 fully saturated rings. The smallest absolute Gasteiger partial charge is 0.344 e. The third-order valence-corrected chi connectivity index (χ3v) is 3.32. The average molecular weight is 318 g/mol. The van der Waals surface area contributed by atoms with Crippen LogP contribution in [0.15, 0.2) is 4.60 Å². The summed E-state index contributed by atoms with van der Waals surface area (Å²) in [6, 6.07) is 0. The number of esters is 1. The molecule has 0 amide bonds. The molecule has 1 saturated heterocycles. The molecule has 1 aliphatic rings. The molecular weight excluding hydrogens is 302 g/mol. The number of aromatic nitrogens is 2. The zero-order valence-corrected chi connectivity index (χ0v) is 12.1. The van der Waals surface area contributed by atoms with Gasteiger partial charge in [-0.1, -0.05) is 0 Å².